The summed E-state index contributed by atoms with van der Waals surface area (Å²) in [5, 5.41) is 6.82. The van der Waals surface area contributed by atoms with E-state index in [1.807, 2.05) is 42.3 Å². The first-order valence-electron chi connectivity index (χ1n) is 11.3. The number of hydrogen-bond donors (Lipinski definition) is 3. The van der Waals surface area contributed by atoms with E-state index >= 15 is 0 Å². The van der Waals surface area contributed by atoms with E-state index in [-0.39, 0.29) is 5.91 Å². The van der Waals surface area contributed by atoms with Crippen molar-refractivity contribution in [2.75, 3.05) is 25.0 Å². The smallest absolute Gasteiger partial charge is 0.319 e. The van der Waals surface area contributed by atoms with Gasteiger partial charge in [-0.05, 0) is 62.1 Å². The van der Waals surface area contributed by atoms with Gasteiger partial charge in [0.2, 0.25) is 5.91 Å². The lowest BCUT2D eigenvalue weighted by atomic mass is 10.0. The second-order valence-corrected chi connectivity index (χ2v) is 8.06. The molecule has 1 aromatic heterocycles. The molecule has 168 valence electrons. The molecule has 3 amide bonds. The average molecular weight is 435 g/mol. The number of fused-ring (bicyclic) bond motifs is 1. The summed E-state index contributed by atoms with van der Waals surface area (Å²) in [6.07, 6.45) is 5.50. The number of carbonyl (C=O) groups excluding carboxylic acids is 2. The maximum absolute atomic E-state index is 13.3. The molecule has 7 heteroatoms. The Morgan fingerprint density at radius 3 is 2.56 bits per heavy atom. The van der Waals surface area contributed by atoms with Crippen molar-refractivity contribution in [3.63, 3.8) is 0 Å². The van der Waals surface area contributed by atoms with Crippen molar-refractivity contribution in [2.45, 2.75) is 38.6 Å². The van der Waals surface area contributed by atoms with Gasteiger partial charge in [-0.25, -0.2) is 4.79 Å². The lowest BCUT2D eigenvalue weighted by molar-refractivity contribution is -0.134. The number of para-hydroxylation sites is 1. The van der Waals surface area contributed by atoms with Gasteiger partial charge in [0.05, 0.1) is 6.61 Å². The molecule has 4 rings (SSSR count). The number of rotatable bonds is 7. The summed E-state index contributed by atoms with van der Waals surface area (Å²) in [6.45, 7) is 3.99. The summed E-state index contributed by atoms with van der Waals surface area (Å²) in [4.78, 5) is 31.2. The van der Waals surface area contributed by atoms with Gasteiger partial charge in [-0.15, -0.1) is 0 Å². The van der Waals surface area contributed by atoms with Gasteiger partial charge in [-0.1, -0.05) is 18.2 Å². The van der Waals surface area contributed by atoms with Crippen LogP contribution >= 0.6 is 0 Å². The largest absolute Gasteiger partial charge is 0.494 e. The highest BCUT2D eigenvalue weighted by molar-refractivity contribution is 5.94. The molecule has 2 aromatic carbocycles. The Bertz CT molecular complexity index is 1050. The second kappa shape index (κ2) is 10.2. The number of nitrogens with zero attached hydrogens (tertiary/aromatic N) is 1. The number of hydrogen-bond acceptors (Lipinski definition) is 3. The summed E-state index contributed by atoms with van der Waals surface area (Å²) in [5.74, 6) is 0.716. The zero-order valence-corrected chi connectivity index (χ0v) is 18.4. The molecule has 0 saturated carbocycles. The number of H-pyrrole nitrogens is 1. The van der Waals surface area contributed by atoms with Crippen molar-refractivity contribution >= 4 is 28.5 Å². The zero-order valence-electron chi connectivity index (χ0n) is 18.4. The summed E-state index contributed by atoms with van der Waals surface area (Å²) >= 11 is 0. The predicted molar refractivity (Wildman–Crippen MR) is 126 cm³/mol. The standard InChI is InChI=1S/C25H30N4O3/c1-2-32-20-12-10-19(11-13-20)27-25(31)28-23(24(30)29-14-6-3-7-15-29)16-18-17-26-22-9-5-4-8-21(18)22/h4-5,8-13,17,23,26H,2-3,6-7,14-16H2,1H3,(H2,27,28,31). The Kier molecular flexibility index (Phi) is 6.94. The number of piperidine rings is 1. The van der Waals surface area contributed by atoms with E-state index in [4.69, 9.17) is 4.74 Å². The van der Waals surface area contributed by atoms with Crippen LogP contribution in [0.15, 0.2) is 54.7 Å². The molecule has 2 heterocycles. The number of aromatic amines is 1. The fourth-order valence-electron chi connectivity index (χ4n) is 4.18. The van der Waals surface area contributed by atoms with Crippen LogP contribution in [-0.4, -0.2) is 47.6 Å². The first-order valence-corrected chi connectivity index (χ1v) is 11.3. The Balaban J connectivity index is 1.49. The molecule has 1 aliphatic heterocycles. The molecular weight excluding hydrogens is 404 g/mol. The minimum Gasteiger partial charge on any atom is -0.494 e. The molecule has 3 N–H and O–H groups in total. The van der Waals surface area contributed by atoms with Crippen molar-refractivity contribution in [1.82, 2.24) is 15.2 Å². The number of anilines is 1. The van der Waals surface area contributed by atoms with Crippen LogP contribution in [0.3, 0.4) is 0 Å². The topological polar surface area (TPSA) is 86.5 Å². The van der Waals surface area contributed by atoms with E-state index in [1.165, 1.54) is 0 Å². The van der Waals surface area contributed by atoms with Crippen LogP contribution < -0.4 is 15.4 Å². The van der Waals surface area contributed by atoms with Crippen molar-refractivity contribution in [3.8, 4) is 5.75 Å². The first-order chi connectivity index (χ1) is 15.6. The Labute approximate surface area is 188 Å². The number of ether oxygens (including phenoxy) is 1. The number of benzene rings is 2. The monoisotopic (exact) mass is 434 g/mol. The normalized spacial score (nSPS) is 14.7. The second-order valence-electron chi connectivity index (χ2n) is 8.06. The molecule has 7 nitrogen and oxygen atoms in total. The van der Waals surface area contributed by atoms with Gasteiger partial charge in [0, 0.05) is 42.3 Å². The van der Waals surface area contributed by atoms with Crippen LogP contribution in [0, 0.1) is 0 Å². The van der Waals surface area contributed by atoms with E-state index in [2.05, 4.69) is 15.6 Å². The maximum Gasteiger partial charge on any atom is 0.319 e. The van der Waals surface area contributed by atoms with Crippen LogP contribution in [-0.2, 0) is 11.2 Å². The predicted octanol–water partition coefficient (Wildman–Crippen LogP) is 4.31. The van der Waals surface area contributed by atoms with Crippen molar-refractivity contribution in [2.24, 2.45) is 0 Å². The fourth-order valence-corrected chi connectivity index (χ4v) is 4.18. The first kappa shape index (κ1) is 21.7. The molecule has 0 radical (unpaired) electrons. The van der Waals surface area contributed by atoms with Crippen molar-refractivity contribution in [3.05, 3.63) is 60.3 Å². The number of amides is 3. The van der Waals surface area contributed by atoms with Crippen LogP contribution in [0.25, 0.3) is 10.9 Å². The molecule has 0 aliphatic carbocycles. The van der Waals surface area contributed by atoms with E-state index < -0.39 is 12.1 Å². The maximum atomic E-state index is 13.3. The van der Waals surface area contributed by atoms with Gasteiger partial charge in [0.25, 0.3) is 0 Å². The highest BCUT2D eigenvalue weighted by atomic mass is 16.5. The van der Waals surface area contributed by atoms with Gasteiger partial charge < -0.3 is 25.3 Å². The molecule has 1 saturated heterocycles. The summed E-state index contributed by atoms with van der Waals surface area (Å²) in [5.41, 5.74) is 2.67. The van der Waals surface area contributed by atoms with E-state index in [9.17, 15) is 9.59 Å². The molecule has 1 fully saturated rings. The van der Waals surface area contributed by atoms with Crippen LogP contribution in [0.2, 0.25) is 0 Å². The SMILES string of the molecule is CCOc1ccc(NC(=O)NC(Cc2c[nH]c3ccccc23)C(=O)N2CCCCC2)cc1. The number of likely N-dealkylation sites (tertiary alicyclic amines) is 1. The molecule has 1 aliphatic rings. The van der Waals surface area contributed by atoms with Gasteiger partial charge >= 0.3 is 6.03 Å². The van der Waals surface area contributed by atoms with Crippen molar-refractivity contribution in [1.29, 1.82) is 0 Å². The molecule has 0 spiro atoms. The highest BCUT2D eigenvalue weighted by Gasteiger charge is 2.28. The molecule has 32 heavy (non-hydrogen) atoms. The zero-order chi connectivity index (χ0) is 22.3. The average Bonchev–Trinajstić information content (AvgIpc) is 3.23. The summed E-state index contributed by atoms with van der Waals surface area (Å²) in [7, 11) is 0. The summed E-state index contributed by atoms with van der Waals surface area (Å²) in [6, 6.07) is 14.1. The molecular formula is C25H30N4O3. The quantitative estimate of drug-likeness (QED) is 0.518. The molecule has 0 bridgehead atoms. The Morgan fingerprint density at radius 2 is 1.81 bits per heavy atom. The number of nitrogens with one attached hydrogen (secondary N) is 3. The number of urea groups is 1. The lowest BCUT2D eigenvalue weighted by Gasteiger charge is -2.30. The van der Waals surface area contributed by atoms with E-state index in [0.29, 0.717) is 18.7 Å². The fraction of sp³-hybridized carbons (Fsp3) is 0.360. The Morgan fingerprint density at radius 1 is 1.06 bits per heavy atom. The third-order valence-electron chi connectivity index (χ3n) is 5.79. The highest BCUT2D eigenvalue weighted by Crippen LogP contribution is 2.21. The number of aromatic nitrogens is 1. The van der Waals surface area contributed by atoms with Gasteiger partial charge in [-0.2, -0.15) is 0 Å². The van der Waals surface area contributed by atoms with Gasteiger partial charge in [-0.3, -0.25) is 4.79 Å². The minimum absolute atomic E-state index is 0.0307. The third-order valence-corrected chi connectivity index (χ3v) is 5.79. The van der Waals surface area contributed by atoms with Crippen LogP contribution in [0.1, 0.15) is 31.7 Å². The van der Waals surface area contributed by atoms with Crippen molar-refractivity contribution < 1.29 is 14.3 Å². The minimum atomic E-state index is -0.644. The van der Waals surface area contributed by atoms with Gasteiger partial charge in [0.1, 0.15) is 11.8 Å². The lowest BCUT2D eigenvalue weighted by Crippen LogP contribution is -2.52. The molecule has 3 aromatic rings. The van der Waals surface area contributed by atoms with Crippen LogP contribution in [0.5, 0.6) is 5.75 Å². The summed E-state index contributed by atoms with van der Waals surface area (Å²) < 4.78 is 5.44. The van der Waals surface area contributed by atoms with Crippen LogP contribution in [0.4, 0.5) is 10.5 Å². The molecule has 1 unspecified atom stereocenters. The van der Waals surface area contributed by atoms with E-state index in [0.717, 1.165) is 54.6 Å². The Hall–Kier alpha value is -3.48. The third kappa shape index (κ3) is 5.22. The molecule has 1 atom stereocenters. The van der Waals surface area contributed by atoms with Gasteiger partial charge in [0.15, 0.2) is 0 Å². The van der Waals surface area contributed by atoms with E-state index in [1.54, 1.807) is 24.3 Å². The number of carbonyl (C=O) groups is 2.